The van der Waals surface area contributed by atoms with Gasteiger partial charge in [-0.1, -0.05) is 0 Å². The molecule has 2 amide bonds. The number of carbonyl (C=O) groups is 2. The Balaban J connectivity index is 0.00000242. The molecule has 0 aromatic heterocycles. The van der Waals surface area contributed by atoms with E-state index in [1.54, 1.807) is 0 Å². The van der Waals surface area contributed by atoms with Gasteiger partial charge in [0.05, 0.1) is 11.5 Å². The van der Waals surface area contributed by atoms with E-state index >= 15 is 0 Å². The molecule has 2 rings (SSSR count). The topological polar surface area (TPSA) is 52.7 Å². The van der Waals surface area contributed by atoms with Crippen molar-refractivity contribution in [3.8, 4) is 0 Å². The lowest BCUT2D eigenvalue weighted by molar-refractivity contribution is -0.129. The second kappa shape index (κ2) is 10.3. The summed E-state index contributed by atoms with van der Waals surface area (Å²) in [6.07, 6.45) is 5.65. The Morgan fingerprint density at radius 3 is 2.41 bits per heavy atom. The molecule has 1 unspecified atom stereocenters. The summed E-state index contributed by atoms with van der Waals surface area (Å²) in [5.41, 5.74) is 0. The Bertz CT molecular complexity index is 365. The molecule has 22 heavy (non-hydrogen) atoms. The van der Waals surface area contributed by atoms with Crippen LogP contribution in [0.2, 0.25) is 0 Å². The Morgan fingerprint density at radius 1 is 1.05 bits per heavy atom. The van der Waals surface area contributed by atoms with Crippen LogP contribution < -0.4 is 5.32 Å². The lowest BCUT2D eigenvalue weighted by atomic mass is 10.1. The average Bonchev–Trinajstić information content (AvgIpc) is 2.96. The molecule has 0 aliphatic carbocycles. The summed E-state index contributed by atoms with van der Waals surface area (Å²) < 4.78 is 0. The number of hydrogen-bond donors (Lipinski definition) is 1. The van der Waals surface area contributed by atoms with Crippen LogP contribution >= 0.6 is 24.2 Å². The maximum absolute atomic E-state index is 12.2. The number of carbonyl (C=O) groups excluding carboxylic acids is 2. The molecule has 0 spiro atoms. The highest BCUT2D eigenvalue weighted by Gasteiger charge is 2.28. The van der Waals surface area contributed by atoms with E-state index in [1.807, 2.05) is 16.8 Å². The second-order valence-corrected chi connectivity index (χ2v) is 6.86. The number of hydrogen-bond acceptors (Lipinski definition) is 4. The van der Waals surface area contributed by atoms with Gasteiger partial charge in [-0.05, 0) is 39.2 Å². The number of amides is 2. The van der Waals surface area contributed by atoms with Crippen LogP contribution in [0.3, 0.4) is 0 Å². The van der Waals surface area contributed by atoms with E-state index in [0.717, 1.165) is 51.9 Å². The summed E-state index contributed by atoms with van der Waals surface area (Å²) >= 11 is 1.47. The van der Waals surface area contributed by atoms with Gasteiger partial charge in [-0.3, -0.25) is 9.59 Å². The fourth-order valence-corrected chi connectivity index (χ4v) is 3.95. The number of nitrogens with one attached hydrogen (secondary N) is 1. The summed E-state index contributed by atoms with van der Waals surface area (Å²) in [6.45, 7) is 3.52. The van der Waals surface area contributed by atoms with Crippen LogP contribution in [-0.4, -0.2) is 72.4 Å². The van der Waals surface area contributed by atoms with Crippen LogP contribution in [0.25, 0.3) is 0 Å². The Hall–Kier alpha value is -0.460. The maximum atomic E-state index is 12.2. The zero-order chi connectivity index (χ0) is 15.1. The fourth-order valence-electron chi connectivity index (χ4n) is 3.16. The number of halogens is 1. The molecule has 0 bridgehead atoms. The zero-order valence-electron chi connectivity index (χ0n) is 13.4. The van der Waals surface area contributed by atoms with Gasteiger partial charge in [0.15, 0.2) is 0 Å². The van der Waals surface area contributed by atoms with Gasteiger partial charge in [0, 0.05) is 32.2 Å². The van der Waals surface area contributed by atoms with Crippen LogP contribution in [0.1, 0.15) is 32.1 Å². The smallest absolute Gasteiger partial charge is 0.232 e. The minimum atomic E-state index is 0. The van der Waals surface area contributed by atoms with E-state index in [-0.39, 0.29) is 24.2 Å². The van der Waals surface area contributed by atoms with Crippen molar-refractivity contribution in [1.29, 1.82) is 0 Å². The van der Waals surface area contributed by atoms with Crippen molar-refractivity contribution in [2.45, 2.75) is 38.1 Å². The van der Waals surface area contributed by atoms with Crippen molar-refractivity contribution in [2.24, 2.45) is 0 Å². The van der Waals surface area contributed by atoms with Gasteiger partial charge >= 0.3 is 0 Å². The van der Waals surface area contributed by atoms with Gasteiger partial charge in [0.2, 0.25) is 11.8 Å². The predicted molar refractivity (Wildman–Crippen MR) is 93.7 cm³/mol. The molecule has 128 valence electrons. The molecule has 0 radical (unpaired) electrons. The average molecular weight is 350 g/mol. The van der Waals surface area contributed by atoms with E-state index in [2.05, 4.69) is 5.32 Å². The Morgan fingerprint density at radius 2 is 1.73 bits per heavy atom. The van der Waals surface area contributed by atoms with Crippen molar-refractivity contribution in [2.75, 3.05) is 44.7 Å². The summed E-state index contributed by atoms with van der Waals surface area (Å²) in [6, 6.07) is 0.334. The number of likely N-dealkylation sites (tertiary alicyclic amines) is 2. The van der Waals surface area contributed by atoms with Crippen molar-refractivity contribution in [1.82, 2.24) is 15.1 Å². The summed E-state index contributed by atoms with van der Waals surface area (Å²) in [4.78, 5) is 28.2. The van der Waals surface area contributed by atoms with E-state index in [9.17, 15) is 9.59 Å². The molecule has 0 aromatic carbocycles. The first-order chi connectivity index (χ1) is 10.2. The molecule has 2 saturated heterocycles. The van der Waals surface area contributed by atoms with Gasteiger partial charge in [0.25, 0.3) is 0 Å². The summed E-state index contributed by atoms with van der Waals surface area (Å²) in [5, 5.41) is 3.15. The highest BCUT2D eigenvalue weighted by atomic mass is 35.5. The van der Waals surface area contributed by atoms with E-state index in [4.69, 9.17) is 0 Å². The van der Waals surface area contributed by atoms with E-state index in [1.165, 1.54) is 18.2 Å². The molecule has 2 fully saturated rings. The van der Waals surface area contributed by atoms with Crippen molar-refractivity contribution in [3.05, 3.63) is 0 Å². The maximum Gasteiger partial charge on any atom is 0.232 e. The molecule has 7 heteroatoms. The van der Waals surface area contributed by atoms with Crippen LogP contribution in [0.4, 0.5) is 0 Å². The molecule has 2 aliphatic rings. The van der Waals surface area contributed by atoms with Crippen LogP contribution in [0, 0.1) is 0 Å². The minimum absolute atomic E-state index is 0. The minimum Gasteiger partial charge on any atom is -0.342 e. The van der Waals surface area contributed by atoms with Crippen LogP contribution in [0.5, 0.6) is 0 Å². The van der Waals surface area contributed by atoms with Crippen LogP contribution in [0.15, 0.2) is 0 Å². The van der Waals surface area contributed by atoms with Gasteiger partial charge in [-0.25, -0.2) is 0 Å². The number of thioether (sulfide) groups is 1. The van der Waals surface area contributed by atoms with Crippen molar-refractivity contribution >= 4 is 36.0 Å². The normalized spacial score (nSPS) is 21.6. The summed E-state index contributed by atoms with van der Waals surface area (Å²) in [7, 11) is 1.92. The van der Waals surface area contributed by atoms with Gasteiger partial charge in [0.1, 0.15) is 0 Å². The van der Waals surface area contributed by atoms with Crippen molar-refractivity contribution in [3.63, 3.8) is 0 Å². The predicted octanol–water partition coefficient (Wildman–Crippen LogP) is 1.36. The number of piperidine rings is 1. The third-order valence-corrected chi connectivity index (χ3v) is 5.20. The Labute approximate surface area is 144 Å². The SMILES string of the molecule is CNCC1CCCN1C(=O)CSCC(=O)N1CCCCC1.Cl. The van der Waals surface area contributed by atoms with Crippen molar-refractivity contribution < 1.29 is 9.59 Å². The Kier molecular flexibility index (Phi) is 9.21. The zero-order valence-corrected chi connectivity index (χ0v) is 15.0. The fraction of sp³-hybridized carbons (Fsp3) is 0.867. The molecule has 1 N–H and O–H groups in total. The molecular weight excluding hydrogens is 322 g/mol. The number of likely N-dealkylation sites (N-methyl/N-ethyl adjacent to an activating group) is 1. The monoisotopic (exact) mass is 349 g/mol. The summed E-state index contributed by atoms with van der Waals surface area (Å²) in [5.74, 6) is 1.25. The largest absolute Gasteiger partial charge is 0.342 e. The molecule has 2 aliphatic heterocycles. The molecule has 5 nitrogen and oxygen atoms in total. The molecule has 1 atom stereocenters. The molecular formula is C15H28ClN3O2S. The first-order valence-electron chi connectivity index (χ1n) is 8.02. The molecule has 2 heterocycles. The van der Waals surface area contributed by atoms with Gasteiger partial charge < -0.3 is 15.1 Å². The number of rotatable bonds is 6. The molecule has 0 aromatic rings. The first kappa shape index (κ1) is 19.6. The second-order valence-electron chi connectivity index (χ2n) is 5.88. The van der Waals surface area contributed by atoms with Gasteiger partial charge in [-0.15, -0.1) is 24.2 Å². The number of nitrogens with zero attached hydrogens (tertiary/aromatic N) is 2. The highest BCUT2D eigenvalue weighted by Crippen LogP contribution is 2.18. The third-order valence-electron chi connectivity index (χ3n) is 4.30. The third kappa shape index (κ3) is 5.63. The molecule has 0 saturated carbocycles. The van der Waals surface area contributed by atoms with Gasteiger partial charge in [-0.2, -0.15) is 0 Å². The van der Waals surface area contributed by atoms with E-state index in [0.29, 0.717) is 17.5 Å². The quantitative estimate of drug-likeness (QED) is 0.786. The lowest BCUT2D eigenvalue weighted by Gasteiger charge is -2.27. The highest BCUT2D eigenvalue weighted by molar-refractivity contribution is 8.00. The van der Waals surface area contributed by atoms with Crippen LogP contribution in [-0.2, 0) is 9.59 Å². The lowest BCUT2D eigenvalue weighted by Crippen LogP contribution is -2.42. The standard InChI is InChI=1S/C15H27N3O2S.ClH/c1-16-10-13-6-5-9-18(13)15(20)12-21-11-14(19)17-7-3-2-4-8-17;/h13,16H,2-12H2,1H3;1H. The van der Waals surface area contributed by atoms with E-state index < -0.39 is 0 Å². The first-order valence-corrected chi connectivity index (χ1v) is 9.17.